The molecule has 0 spiro atoms. The molecule has 0 saturated carbocycles. The van der Waals surface area contributed by atoms with E-state index in [0.717, 1.165) is 10.6 Å². The van der Waals surface area contributed by atoms with Gasteiger partial charge in [-0.1, -0.05) is 17.7 Å². The van der Waals surface area contributed by atoms with Crippen molar-refractivity contribution in [3.63, 3.8) is 0 Å². The summed E-state index contributed by atoms with van der Waals surface area (Å²) in [5.41, 5.74) is 3.52. The number of thioether (sulfide) groups is 1. The second-order valence-electron chi connectivity index (χ2n) is 3.99. The molecule has 1 heterocycles. The first kappa shape index (κ1) is 14.3. The van der Waals surface area contributed by atoms with Gasteiger partial charge in [0.15, 0.2) is 0 Å². The minimum atomic E-state index is -0.249. The molecule has 0 fully saturated rings. The average Bonchev–Trinajstić information content (AvgIpc) is 2.71. The minimum Gasteiger partial charge on any atom is -0.271 e. The maximum Gasteiger partial charge on any atom is 0.124 e. The molecule has 1 aromatic carbocycles. The molecule has 0 bridgehead atoms. The molecular weight excluding hydrogens is 287 g/mol. The number of halogens is 2. The molecule has 1 atom stereocenters. The monoisotopic (exact) mass is 300 g/mol. The maximum absolute atomic E-state index is 13.1. The standard InChI is InChI=1S/C12H14ClFN4S/c1-18-12(10(13)6-16-18)11(17-15)7-19-9-4-2-3-8(14)5-9/h2-6,11,17H,7,15H2,1H3. The van der Waals surface area contributed by atoms with Crippen molar-refractivity contribution < 1.29 is 4.39 Å². The summed E-state index contributed by atoms with van der Waals surface area (Å²) >= 11 is 7.58. The number of nitrogens with zero attached hydrogens (tertiary/aromatic N) is 2. The molecule has 0 amide bonds. The Bertz CT molecular complexity index is 541. The van der Waals surface area contributed by atoms with E-state index in [2.05, 4.69) is 10.5 Å². The van der Waals surface area contributed by atoms with Gasteiger partial charge in [-0.3, -0.25) is 16.0 Å². The highest BCUT2D eigenvalue weighted by molar-refractivity contribution is 7.99. The van der Waals surface area contributed by atoms with Gasteiger partial charge in [0, 0.05) is 17.7 Å². The van der Waals surface area contributed by atoms with E-state index in [4.69, 9.17) is 17.4 Å². The quantitative estimate of drug-likeness (QED) is 0.506. The van der Waals surface area contributed by atoms with Gasteiger partial charge in [-0.05, 0) is 18.2 Å². The van der Waals surface area contributed by atoms with Crippen LogP contribution >= 0.6 is 23.4 Å². The van der Waals surface area contributed by atoms with Crippen LogP contribution in [0, 0.1) is 5.82 Å². The van der Waals surface area contributed by atoms with Crippen molar-refractivity contribution in [3.05, 3.63) is 47.0 Å². The van der Waals surface area contributed by atoms with Crippen LogP contribution in [0.1, 0.15) is 11.7 Å². The molecule has 1 aromatic heterocycles. The van der Waals surface area contributed by atoms with Crippen LogP contribution in [0.2, 0.25) is 5.02 Å². The van der Waals surface area contributed by atoms with Crippen LogP contribution in [0.25, 0.3) is 0 Å². The smallest absolute Gasteiger partial charge is 0.124 e. The lowest BCUT2D eigenvalue weighted by molar-refractivity contribution is 0.554. The fraction of sp³-hybridized carbons (Fsp3) is 0.250. The Balaban J connectivity index is 2.08. The van der Waals surface area contributed by atoms with Gasteiger partial charge in [0.2, 0.25) is 0 Å². The van der Waals surface area contributed by atoms with Gasteiger partial charge < -0.3 is 0 Å². The van der Waals surface area contributed by atoms with Gasteiger partial charge in [-0.15, -0.1) is 11.8 Å². The van der Waals surface area contributed by atoms with E-state index < -0.39 is 0 Å². The molecule has 1 unspecified atom stereocenters. The Kier molecular flexibility index (Phi) is 4.81. The van der Waals surface area contributed by atoms with Gasteiger partial charge in [0.05, 0.1) is 23.0 Å². The maximum atomic E-state index is 13.1. The van der Waals surface area contributed by atoms with Crippen molar-refractivity contribution in [2.45, 2.75) is 10.9 Å². The third-order valence-corrected chi connectivity index (χ3v) is 4.06. The van der Waals surface area contributed by atoms with Crippen molar-refractivity contribution in [2.24, 2.45) is 12.9 Å². The average molecular weight is 301 g/mol. The summed E-state index contributed by atoms with van der Waals surface area (Å²) in [6.45, 7) is 0. The van der Waals surface area contributed by atoms with Crippen molar-refractivity contribution in [1.29, 1.82) is 0 Å². The Morgan fingerprint density at radius 2 is 2.37 bits per heavy atom. The first-order valence-electron chi connectivity index (χ1n) is 5.63. The normalized spacial score (nSPS) is 12.6. The SMILES string of the molecule is Cn1ncc(Cl)c1C(CSc1cccc(F)c1)NN. The predicted molar refractivity (Wildman–Crippen MR) is 75.4 cm³/mol. The lowest BCUT2D eigenvalue weighted by Gasteiger charge is -2.16. The van der Waals surface area contributed by atoms with Gasteiger partial charge in [-0.25, -0.2) is 4.39 Å². The molecule has 102 valence electrons. The van der Waals surface area contributed by atoms with Gasteiger partial charge in [0.25, 0.3) is 0 Å². The van der Waals surface area contributed by atoms with Crippen LogP contribution in [0.3, 0.4) is 0 Å². The molecule has 0 radical (unpaired) electrons. The number of aromatic nitrogens is 2. The molecule has 2 aromatic rings. The summed E-state index contributed by atoms with van der Waals surface area (Å²) in [7, 11) is 1.80. The Labute approximate surface area is 120 Å². The molecule has 2 rings (SSSR count). The molecule has 3 N–H and O–H groups in total. The van der Waals surface area contributed by atoms with Crippen molar-refractivity contribution in [1.82, 2.24) is 15.2 Å². The highest BCUT2D eigenvalue weighted by Crippen LogP contribution is 2.28. The fourth-order valence-corrected chi connectivity index (χ4v) is 3.04. The van der Waals surface area contributed by atoms with Crippen LogP contribution in [-0.2, 0) is 7.05 Å². The first-order valence-corrected chi connectivity index (χ1v) is 7.00. The van der Waals surface area contributed by atoms with E-state index in [1.807, 2.05) is 6.07 Å². The Morgan fingerprint density at radius 1 is 1.58 bits per heavy atom. The zero-order chi connectivity index (χ0) is 13.8. The number of benzene rings is 1. The second kappa shape index (κ2) is 6.38. The highest BCUT2D eigenvalue weighted by Gasteiger charge is 2.18. The van der Waals surface area contributed by atoms with Gasteiger partial charge in [-0.2, -0.15) is 5.10 Å². The summed E-state index contributed by atoms with van der Waals surface area (Å²) in [6.07, 6.45) is 1.58. The molecular formula is C12H14ClFN4S. The number of hydrogen-bond acceptors (Lipinski definition) is 4. The third kappa shape index (κ3) is 3.48. The van der Waals surface area contributed by atoms with E-state index in [-0.39, 0.29) is 11.9 Å². The lowest BCUT2D eigenvalue weighted by Crippen LogP contribution is -2.31. The topological polar surface area (TPSA) is 55.9 Å². The number of nitrogens with one attached hydrogen (secondary N) is 1. The highest BCUT2D eigenvalue weighted by atomic mass is 35.5. The van der Waals surface area contributed by atoms with E-state index in [0.29, 0.717) is 10.8 Å². The van der Waals surface area contributed by atoms with Gasteiger partial charge in [0.1, 0.15) is 5.82 Å². The van der Waals surface area contributed by atoms with E-state index >= 15 is 0 Å². The van der Waals surface area contributed by atoms with Crippen molar-refractivity contribution in [2.75, 3.05) is 5.75 Å². The van der Waals surface area contributed by atoms with E-state index in [9.17, 15) is 4.39 Å². The minimum absolute atomic E-state index is 0.159. The number of nitrogens with two attached hydrogens (primary N) is 1. The van der Waals surface area contributed by atoms with Crippen LogP contribution in [-0.4, -0.2) is 15.5 Å². The molecule has 7 heteroatoms. The van der Waals surface area contributed by atoms with Crippen molar-refractivity contribution >= 4 is 23.4 Å². The van der Waals surface area contributed by atoms with Crippen LogP contribution in [0.5, 0.6) is 0 Å². The summed E-state index contributed by atoms with van der Waals surface area (Å²) in [5.74, 6) is 5.93. The first-order chi connectivity index (χ1) is 9.11. The number of aryl methyl sites for hydroxylation is 1. The Morgan fingerprint density at radius 3 is 2.95 bits per heavy atom. The van der Waals surface area contributed by atoms with Crippen LogP contribution in [0.15, 0.2) is 35.4 Å². The predicted octanol–water partition coefficient (Wildman–Crippen LogP) is 2.51. The number of hydrogen-bond donors (Lipinski definition) is 2. The van der Waals surface area contributed by atoms with Crippen LogP contribution in [0.4, 0.5) is 4.39 Å². The van der Waals surface area contributed by atoms with Gasteiger partial charge >= 0.3 is 0 Å². The second-order valence-corrected chi connectivity index (χ2v) is 5.49. The zero-order valence-corrected chi connectivity index (χ0v) is 11.9. The molecule has 0 aliphatic carbocycles. The Hall–Kier alpha value is -1.08. The number of rotatable bonds is 5. The molecule has 0 aliphatic heterocycles. The van der Waals surface area contributed by atoms with E-state index in [1.165, 1.54) is 23.9 Å². The third-order valence-electron chi connectivity index (χ3n) is 2.68. The van der Waals surface area contributed by atoms with Crippen LogP contribution < -0.4 is 11.3 Å². The molecule has 0 aliphatic rings. The molecule has 4 nitrogen and oxygen atoms in total. The fourth-order valence-electron chi connectivity index (χ4n) is 1.75. The van der Waals surface area contributed by atoms with Crippen molar-refractivity contribution in [3.8, 4) is 0 Å². The molecule has 0 saturated heterocycles. The number of hydrazine groups is 1. The lowest BCUT2D eigenvalue weighted by atomic mass is 10.2. The summed E-state index contributed by atoms with van der Waals surface area (Å²) in [4.78, 5) is 0.846. The summed E-state index contributed by atoms with van der Waals surface area (Å²) < 4.78 is 14.8. The summed E-state index contributed by atoms with van der Waals surface area (Å²) in [6, 6.07) is 6.28. The molecule has 19 heavy (non-hydrogen) atoms. The zero-order valence-electron chi connectivity index (χ0n) is 10.3. The van der Waals surface area contributed by atoms with E-state index in [1.54, 1.807) is 24.0 Å². The largest absolute Gasteiger partial charge is 0.271 e. The summed E-state index contributed by atoms with van der Waals surface area (Å²) in [5, 5.41) is 4.63.